The summed E-state index contributed by atoms with van der Waals surface area (Å²) in [5.41, 5.74) is 0.0749. The maximum atomic E-state index is 11.6. The minimum absolute atomic E-state index is 0.0749. The van der Waals surface area contributed by atoms with E-state index in [0.717, 1.165) is 0 Å². The number of amides is 1. The Balaban J connectivity index is 1.83. The lowest BCUT2D eigenvalue weighted by Gasteiger charge is -2.33. The molecule has 0 bridgehead atoms. The van der Waals surface area contributed by atoms with Gasteiger partial charge >= 0.3 is 12.1 Å². The molecule has 0 unspecified atom stereocenters. The fourth-order valence-electron chi connectivity index (χ4n) is 2.05. The van der Waals surface area contributed by atoms with Crippen molar-refractivity contribution in [2.45, 2.75) is 13.5 Å². The van der Waals surface area contributed by atoms with Gasteiger partial charge in [-0.05, 0) is 6.92 Å². The zero-order valence-corrected chi connectivity index (χ0v) is 11.9. The van der Waals surface area contributed by atoms with E-state index in [0.29, 0.717) is 45.2 Å². The van der Waals surface area contributed by atoms with Crippen LogP contribution >= 0.6 is 0 Å². The SMILES string of the molecule is CCOC(=O)N1CCN(Cc2ncc(C(=O)O)cn2)CC1. The van der Waals surface area contributed by atoms with Crippen LogP contribution in [0.2, 0.25) is 0 Å². The molecule has 8 nitrogen and oxygen atoms in total. The number of aromatic carboxylic acids is 1. The number of hydrogen-bond acceptors (Lipinski definition) is 6. The maximum Gasteiger partial charge on any atom is 0.409 e. The third-order valence-electron chi connectivity index (χ3n) is 3.22. The first-order valence-electron chi connectivity index (χ1n) is 6.78. The van der Waals surface area contributed by atoms with E-state index in [-0.39, 0.29) is 11.7 Å². The molecule has 1 aliphatic heterocycles. The second kappa shape index (κ2) is 6.98. The topological polar surface area (TPSA) is 95.9 Å². The Hall–Kier alpha value is -2.22. The van der Waals surface area contributed by atoms with E-state index in [1.165, 1.54) is 12.4 Å². The summed E-state index contributed by atoms with van der Waals surface area (Å²) in [7, 11) is 0. The fourth-order valence-corrected chi connectivity index (χ4v) is 2.05. The number of carboxylic acids is 1. The largest absolute Gasteiger partial charge is 0.478 e. The summed E-state index contributed by atoms with van der Waals surface area (Å²) in [6, 6.07) is 0. The predicted octanol–water partition coefficient (Wildman–Crippen LogP) is 0.449. The molecular weight excluding hydrogens is 276 g/mol. The van der Waals surface area contributed by atoms with Crippen LogP contribution in [0.5, 0.6) is 0 Å². The third kappa shape index (κ3) is 4.12. The minimum Gasteiger partial charge on any atom is -0.478 e. The minimum atomic E-state index is -1.04. The zero-order chi connectivity index (χ0) is 15.2. The Morgan fingerprint density at radius 1 is 1.24 bits per heavy atom. The van der Waals surface area contributed by atoms with Gasteiger partial charge in [0.25, 0.3) is 0 Å². The highest BCUT2D eigenvalue weighted by molar-refractivity contribution is 5.86. The van der Waals surface area contributed by atoms with Gasteiger partial charge in [-0.25, -0.2) is 19.6 Å². The highest BCUT2D eigenvalue weighted by Crippen LogP contribution is 2.07. The first-order valence-corrected chi connectivity index (χ1v) is 6.78. The molecule has 0 atom stereocenters. The average molecular weight is 294 g/mol. The first kappa shape index (κ1) is 15.2. The lowest BCUT2D eigenvalue weighted by molar-refractivity contribution is 0.0695. The van der Waals surface area contributed by atoms with Gasteiger partial charge in [0.1, 0.15) is 5.82 Å². The molecule has 1 N–H and O–H groups in total. The van der Waals surface area contributed by atoms with E-state index in [1.807, 2.05) is 0 Å². The molecule has 2 rings (SSSR count). The second-order valence-corrected chi connectivity index (χ2v) is 4.66. The van der Waals surface area contributed by atoms with Crippen molar-refractivity contribution in [3.63, 3.8) is 0 Å². The van der Waals surface area contributed by atoms with Gasteiger partial charge in [0.2, 0.25) is 0 Å². The van der Waals surface area contributed by atoms with E-state index in [9.17, 15) is 9.59 Å². The summed E-state index contributed by atoms with van der Waals surface area (Å²) >= 11 is 0. The van der Waals surface area contributed by atoms with Crippen molar-refractivity contribution in [1.29, 1.82) is 0 Å². The van der Waals surface area contributed by atoms with Crippen LogP contribution in [0.25, 0.3) is 0 Å². The summed E-state index contributed by atoms with van der Waals surface area (Å²) < 4.78 is 4.96. The van der Waals surface area contributed by atoms with Crippen LogP contribution in [0.4, 0.5) is 4.79 Å². The summed E-state index contributed by atoms with van der Waals surface area (Å²) in [6.45, 7) is 5.33. The van der Waals surface area contributed by atoms with Crippen molar-refractivity contribution in [2.75, 3.05) is 32.8 Å². The lowest BCUT2D eigenvalue weighted by Crippen LogP contribution is -2.48. The van der Waals surface area contributed by atoms with E-state index in [1.54, 1.807) is 11.8 Å². The Bertz CT molecular complexity index is 497. The number of piperazine rings is 1. The highest BCUT2D eigenvalue weighted by Gasteiger charge is 2.22. The van der Waals surface area contributed by atoms with Crippen molar-refractivity contribution < 1.29 is 19.4 Å². The second-order valence-electron chi connectivity index (χ2n) is 4.66. The van der Waals surface area contributed by atoms with Crippen LogP contribution in [0.1, 0.15) is 23.1 Å². The van der Waals surface area contributed by atoms with Crippen LogP contribution in [0, 0.1) is 0 Å². The molecule has 1 aromatic rings. The van der Waals surface area contributed by atoms with Crippen LogP contribution < -0.4 is 0 Å². The van der Waals surface area contributed by atoms with Crippen LogP contribution in [0.3, 0.4) is 0 Å². The Kier molecular flexibility index (Phi) is 5.04. The number of carbonyl (C=O) groups excluding carboxylic acids is 1. The van der Waals surface area contributed by atoms with Crippen LogP contribution in [0.15, 0.2) is 12.4 Å². The third-order valence-corrected chi connectivity index (χ3v) is 3.22. The molecule has 0 saturated carbocycles. The van der Waals surface area contributed by atoms with Crippen LogP contribution in [-0.4, -0.2) is 69.7 Å². The molecule has 0 radical (unpaired) electrons. The highest BCUT2D eigenvalue weighted by atomic mass is 16.6. The Labute approximate surface area is 122 Å². The average Bonchev–Trinajstić information content (AvgIpc) is 2.49. The van der Waals surface area contributed by atoms with E-state index < -0.39 is 5.97 Å². The summed E-state index contributed by atoms with van der Waals surface area (Å²) in [4.78, 5) is 34.2. The lowest BCUT2D eigenvalue weighted by atomic mass is 10.3. The van der Waals surface area contributed by atoms with Gasteiger partial charge in [0.15, 0.2) is 0 Å². The van der Waals surface area contributed by atoms with Crippen molar-refractivity contribution in [1.82, 2.24) is 19.8 Å². The number of carboxylic acid groups (broad SMARTS) is 1. The molecule has 1 aliphatic rings. The number of aromatic nitrogens is 2. The number of hydrogen-bond donors (Lipinski definition) is 1. The van der Waals surface area contributed by atoms with Crippen molar-refractivity contribution in [3.05, 3.63) is 23.8 Å². The first-order chi connectivity index (χ1) is 10.1. The van der Waals surface area contributed by atoms with Gasteiger partial charge in [-0.3, -0.25) is 4.90 Å². The normalized spacial score (nSPS) is 15.8. The zero-order valence-electron chi connectivity index (χ0n) is 11.9. The standard InChI is InChI=1S/C13H18N4O4/c1-2-21-13(20)17-5-3-16(4-6-17)9-11-14-7-10(8-15-11)12(18)19/h7-8H,2-6,9H2,1H3,(H,18,19). The fraction of sp³-hybridized carbons (Fsp3) is 0.538. The smallest absolute Gasteiger partial charge is 0.409 e. The van der Waals surface area contributed by atoms with Gasteiger partial charge in [-0.1, -0.05) is 0 Å². The molecule has 0 spiro atoms. The van der Waals surface area contributed by atoms with Crippen LogP contribution in [-0.2, 0) is 11.3 Å². The number of nitrogens with zero attached hydrogens (tertiary/aromatic N) is 4. The van der Waals surface area contributed by atoms with Crippen molar-refractivity contribution in [3.8, 4) is 0 Å². The van der Waals surface area contributed by atoms with Gasteiger partial charge in [-0.2, -0.15) is 0 Å². The molecule has 1 aromatic heterocycles. The number of ether oxygens (including phenoxy) is 1. The maximum absolute atomic E-state index is 11.6. The molecule has 114 valence electrons. The number of rotatable bonds is 4. The monoisotopic (exact) mass is 294 g/mol. The van der Waals surface area contributed by atoms with Gasteiger partial charge in [-0.15, -0.1) is 0 Å². The quantitative estimate of drug-likeness (QED) is 0.861. The predicted molar refractivity (Wildman–Crippen MR) is 72.9 cm³/mol. The van der Waals surface area contributed by atoms with E-state index in [4.69, 9.17) is 9.84 Å². The molecule has 1 fully saturated rings. The van der Waals surface area contributed by atoms with E-state index in [2.05, 4.69) is 14.9 Å². The van der Waals surface area contributed by atoms with E-state index >= 15 is 0 Å². The summed E-state index contributed by atoms with van der Waals surface area (Å²) in [6.07, 6.45) is 2.33. The summed E-state index contributed by atoms with van der Waals surface area (Å²) in [5.74, 6) is -0.464. The van der Waals surface area contributed by atoms with Gasteiger partial charge in [0.05, 0.1) is 18.7 Å². The molecule has 21 heavy (non-hydrogen) atoms. The number of carbonyl (C=O) groups is 2. The summed E-state index contributed by atoms with van der Waals surface area (Å²) in [5, 5.41) is 8.78. The molecule has 1 amide bonds. The van der Waals surface area contributed by atoms with Crippen molar-refractivity contribution >= 4 is 12.1 Å². The Morgan fingerprint density at radius 2 is 1.86 bits per heavy atom. The molecular formula is C13H18N4O4. The van der Waals surface area contributed by atoms with Gasteiger partial charge < -0.3 is 14.7 Å². The molecule has 8 heteroatoms. The molecule has 0 aromatic carbocycles. The molecule has 2 heterocycles. The molecule has 0 aliphatic carbocycles. The van der Waals surface area contributed by atoms with Crippen molar-refractivity contribution in [2.24, 2.45) is 0 Å². The van der Waals surface area contributed by atoms with Gasteiger partial charge in [0, 0.05) is 38.6 Å². The Morgan fingerprint density at radius 3 is 2.38 bits per heavy atom. The molecule has 1 saturated heterocycles.